The van der Waals surface area contributed by atoms with E-state index in [0.29, 0.717) is 0 Å². The van der Waals surface area contributed by atoms with Crippen molar-refractivity contribution in [2.75, 3.05) is 6.26 Å². The zero-order valence-electron chi connectivity index (χ0n) is 10.3. The summed E-state index contributed by atoms with van der Waals surface area (Å²) >= 11 is 0. The Labute approximate surface area is 92.7 Å². The first kappa shape index (κ1) is 16.5. The lowest BCUT2D eigenvalue weighted by molar-refractivity contribution is 0.592. The molecule has 1 rings (SSSR count). The van der Waals surface area contributed by atoms with E-state index in [1.807, 2.05) is 27.7 Å². The molecule has 5 heteroatoms. The van der Waals surface area contributed by atoms with Crippen LogP contribution in [0.2, 0.25) is 0 Å². The van der Waals surface area contributed by atoms with Crippen molar-refractivity contribution < 1.29 is 8.42 Å². The molecule has 0 atom stereocenters. The molecule has 1 heterocycles. The molecule has 1 aromatic heterocycles. The van der Waals surface area contributed by atoms with E-state index in [1.165, 1.54) is 12.4 Å². The maximum atomic E-state index is 10.8. The van der Waals surface area contributed by atoms with Gasteiger partial charge in [-0.05, 0) is 12.5 Å². The first-order valence-corrected chi connectivity index (χ1v) is 6.88. The van der Waals surface area contributed by atoms with Crippen molar-refractivity contribution in [1.29, 1.82) is 0 Å². The van der Waals surface area contributed by atoms with E-state index < -0.39 is 9.84 Å². The van der Waals surface area contributed by atoms with Gasteiger partial charge in [-0.2, -0.15) is 0 Å². The van der Waals surface area contributed by atoms with Crippen LogP contribution in [0.4, 0.5) is 0 Å². The summed E-state index contributed by atoms with van der Waals surface area (Å²) in [5.41, 5.74) is 0.845. The smallest absolute Gasteiger partial charge is 0.227 e. The molecule has 15 heavy (non-hydrogen) atoms. The largest absolute Gasteiger partial charge is 0.246 e. The lowest BCUT2D eigenvalue weighted by Crippen LogP contribution is -2.03. The second-order valence-corrected chi connectivity index (χ2v) is 4.22. The Morgan fingerprint density at radius 2 is 1.33 bits per heavy atom. The first-order chi connectivity index (χ1) is 7.00. The van der Waals surface area contributed by atoms with Gasteiger partial charge in [0.1, 0.15) is 0 Å². The minimum Gasteiger partial charge on any atom is -0.227 e. The summed E-state index contributed by atoms with van der Waals surface area (Å²) in [7, 11) is -3.24. The lowest BCUT2D eigenvalue weighted by Gasteiger charge is -1.94. The van der Waals surface area contributed by atoms with Crippen LogP contribution in [0.15, 0.2) is 17.6 Å². The van der Waals surface area contributed by atoms with Gasteiger partial charge in [0, 0.05) is 18.6 Å². The van der Waals surface area contributed by atoms with Crippen LogP contribution in [0.3, 0.4) is 0 Å². The fourth-order valence-corrected chi connectivity index (χ4v) is 1.06. The summed E-state index contributed by atoms with van der Waals surface area (Å²) in [4.78, 5) is 7.30. The lowest BCUT2D eigenvalue weighted by atomic mass is 10.4. The van der Waals surface area contributed by atoms with Crippen molar-refractivity contribution in [3.8, 4) is 0 Å². The second-order valence-electron chi connectivity index (χ2n) is 2.32. The van der Waals surface area contributed by atoms with Gasteiger partial charge in [0.25, 0.3) is 0 Å². The molecule has 1 aromatic rings. The third kappa shape index (κ3) is 7.02. The minimum absolute atomic E-state index is 0.122. The van der Waals surface area contributed by atoms with Crippen molar-refractivity contribution in [2.45, 2.75) is 39.8 Å². The Balaban J connectivity index is 0. The van der Waals surface area contributed by atoms with Gasteiger partial charge in [0.2, 0.25) is 15.0 Å². The molecule has 4 nitrogen and oxygen atoms in total. The molecule has 0 aromatic carbocycles. The molecule has 0 aliphatic heterocycles. The summed E-state index contributed by atoms with van der Waals surface area (Å²) in [6.45, 7) is 9.80. The maximum Gasteiger partial charge on any atom is 0.246 e. The van der Waals surface area contributed by atoms with Crippen LogP contribution in [0.5, 0.6) is 0 Å². The van der Waals surface area contributed by atoms with Gasteiger partial charge in [-0.25, -0.2) is 18.4 Å². The fraction of sp³-hybridized carbons (Fsp3) is 0.600. The van der Waals surface area contributed by atoms with Crippen LogP contribution in [0, 0.1) is 6.92 Å². The standard InChI is InChI=1S/C6H8N2O2S.2C2H6/c1-5-3-7-6(8-4-5)11(2,9)10;2*1-2/h3-4H,1-2H3;2*1-2H3. The SMILES string of the molecule is CC.CC.Cc1cnc(S(C)(=O)=O)nc1. The van der Waals surface area contributed by atoms with Crippen LogP contribution in [0.25, 0.3) is 0 Å². The average molecular weight is 232 g/mol. The molecule has 0 aliphatic rings. The molecule has 0 saturated heterocycles. The van der Waals surface area contributed by atoms with Crippen molar-refractivity contribution >= 4 is 9.84 Å². The Hall–Kier alpha value is -0.970. The quantitative estimate of drug-likeness (QED) is 0.697. The Morgan fingerprint density at radius 3 is 1.60 bits per heavy atom. The van der Waals surface area contributed by atoms with Crippen molar-refractivity contribution in [1.82, 2.24) is 9.97 Å². The third-order valence-corrected chi connectivity index (χ3v) is 1.96. The molecule has 0 spiro atoms. The van der Waals surface area contributed by atoms with E-state index in [9.17, 15) is 8.42 Å². The van der Waals surface area contributed by atoms with Crippen molar-refractivity contribution in [2.24, 2.45) is 0 Å². The van der Waals surface area contributed by atoms with E-state index in [4.69, 9.17) is 0 Å². The van der Waals surface area contributed by atoms with Gasteiger partial charge in [-0.1, -0.05) is 27.7 Å². The molecule has 0 fully saturated rings. The Kier molecular flexibility index (Phi) is 9.16. The van der Waals surface area contributed by atoms with E-state index in [2.05, 4.69) is 9.97 Å². The zero-order chi connectivity index (χ0) is 12.5. The molecule has 88 valence electrons. The number of hydrogen-bond acceptors (Lipinski definition) is 4. The van der Waals surface area contributed by atoms with Crippen molar-refractivity contribution in [3.63, 3.8) is 0 Å². The van der Waals surface area contributed by atoms with Gasteiger partial charge in [-0.15, -0.1) is 0 Å². The molecule has 0 saturated carbocycles. The average Bonchev–Trinajstić information content (AvgIpc) is 2.23. The van der Waals surface area contributed by atoms with Crippen LogP contribution in [-0.2, 0) is 9.84 Å². The van der Waals surface area contributed by atoms with Gasteiger partial charge in [0.05, 0.1) is 0 Å². The highest BCUT2D eigenvalue weighted by Crippen LogP contribution is 1.99. The predicted molar refractivity (Wildman–Crippen MR) is 62.6 cm³/mol. The molecular weight excluding hydrogens is 212 g/mol. The number of sulfone groups is 1. The third-order valence-electron chi connectivity index (χ3n) is 1.09. The molecular formula is C10H20N2O2S. The highest BCUT2D eigenvalue weighted by molar-refractivity contribution is 7.90. The molecule has 0 unspecified atom stereocenters. The fourth-order valence-electron chi connectivity index (χ4n) is 0.572. The highest BCUT2D eigenvalue weighted by atomic mass is 32.2. The summed E-state index contributed by atoms with van der Waals surface area (Å²) in [6.07, 6.45) is 4.03. The zero-order valence-corrected chi connectivity index (χ0v) is 11.1. The summed E-state index contributed by atoms with van der Waals surface area (Å²) in [5, 5.41) is -0.122. The maximum absolute atomic E-state index is 10.8. The number of hydrogen-bond donors (Lipinski definition) is 0. The van der Waals surface area contributed by atoms with Crippen LogP contribution >= 0.6 is 0 Å². The number of rotatable bonds is 1. The molecule has 0 radical (unpaired) electrons. The summed E-state index contributed by atoms with van der Waals surface area (Å²) in [5.74, 6) is 0. The van der Waals surface area contributed by atoms with Crippen molar-refractivity contribution in [3.05, 3.63) is 18.0 Å². The monoisotopic (exact) mass is 232 g/mol. The van der Waals surface area contributed by atoms with E-state index in [-0.39, 0.29) is 5.16 Å². The van der Waals surface area contributed by atoms with Gasteiger partial charge >= 0.3 is 0 Å². The predicted octanol–water partition coefficient (Wildman–Crippen LogP) is 2.24. The summed E-state index contributed by atoms with van der Waals surface area (Å²) < 4.78 is 21.6. The van der Waals surface area contributed by atoms with E-state index in [1.54, 1.807) is 6.92 Å². The van der Waals surface area contributed by atoms with Gasteiger partial charge in [0.15, 0.2) is 0 Å². The molecule has 0 N–H and O–H groups in total. The topological polar surface area (TPSA) is 59.9 Å². The number of aryl methyl sites for hydroxylation is 1. The first-order valence-electron chi connectivity index (χ1n) is 4.99. The second kappa shape index (κ2) is 8.35. The Morgan fingerprint density at radius 1 is 1.00 bits per heavy atom. The molecule has 0 aliphatic carbocycles. The van der Waals surface area contributed by atoms with Crippen LogP contribution in [-0.4, -0.2) is 24.6 Å². The minimum atomic E-state index is -3.24. The molecule has 0 bridgehead atoms. The summed E-state index contributed by atoms with van der Waals surface area (Å²) in [6, 6.07) is 0. The van der Waals surface area contributed by atoms with E-state index >= 15 is 0 Å². The normalized spacial score (nSPS) is 9.20. The number of nitrogens with zero attached hydrogens (tertiary/aromatic N) is 2. The van der Waals surface area contributed by atoms with Crippen LogP contribution in [0.1, 0.15) is 33.3 Å². The Bertz CT molecular complexity index is 344. The highest BCUT2D eigenvalue weighted by Gasteiger charge is 2.08. The molecule has 0 amide bonds. The van der Waals surface area contributed by atoms with E-state index in [0.717, 1.165) is 11.8 Å². The van der Waals surface area contributed by atoms with Gasteiger partial charge in [-0.3, -0.25) is 0 Å². The van der Waals surface area contributed by atoms with Gasteiger partial charge < -0.3 is 0 Å². The number of aromatic nitrogens is 2. The van der Waals surface area contributed by atoms with Crippen LogP contribution < -0.4 is 0 Å².